The first-order chi connectivity index (χ1) is 8.11. The van der Waals surface area contributed by atoms with Crippen molar-refractivity contribution < 1.29 is 14.6 Å². The zero-order valence-corrected chi connectivity index (χ0v) is 10.1. The number of hydrogen-bond acceptors (Lipinski definition) is 3. The Labute approximate surface area is 101 Å². The van der Waals surface area contributed by atoms with E-state index in [1.807, 2.05) is 32.0 Å². The Morgan fingerprint density at radius 2 is 2.35 bits per heavy atom. The van der Waals surface area contributed by atoms with Crippen LogP contribution in [0, 0.1) is 0 Å². The molecule has 0 saturated heterocycles. The fourth-order valence-electron chi connectivity index (χ4n) is 2.25. The maximum atomic E-state index is 11.2. The summed E-state index contributed by atoms with van der Waals surface area (Å²) in [5.41, 5.74) is 1.91. The van der Waals surface area contributed by atoms with E-state index in [2.05, 4.69) is 5.32 Å². The van der Waals surface area contributed by atoms with Crippen LogP contribution in [-0.2, 0) is 11.2 Å². The Morgan fingerprint density at radius 1 is 1.59 bits per heavy atom. The molecular weight excluding hydrogens is 218 g/mol. The second kappa shape index (κ2) is 4.75. The Balaban J connectivity index is 2.38. The van der Waals surface area contributed by atoms with Crippen LogP contribution in [0.2, 0.25) is 0 Å². The molecule has 17 heavy (non-hydrogen) atoms. The summed E-state index contributed by atoms with van der Waals surface area (Å²) >= 11 is 0. The summed E-state index contributed by atoms with van der Waals surface area (Å²) in [5.74, 6) is -0.111. The van der Waals surface area contributed by atoms with Crippen molar-refractivity contribution in [3.8, 4) is 5.75 Å². The van der Waals surface area contributed by atoms with Crippen LogP contribution in [-0.4, -0.2) is 23.7 Å². The van der Waals surface area contributed by atoms with Crippen molar-refractivity contribution in [3.05, 3.63) is 29.3 Å². The number of fused-ring (bicyclic) bond motifs is 1. The van der Waals surface area contributed by atoms with Gasteiger partial charge in [0.25, 0.3) is 0 Å². The maximum absolute atomic E-state index is 11.2. The standard InChI is InChI=1S/C13H17NO3/c1-3-17-10-5-4-9-6-8(2)14-12(13(15)16)11(9)7-10/h4-5,7-8,12,14H,3,6H2,1-2H3,(H,15,16). The smallest absolute Gasteiger partial charge is 0.325 e. The maximum Gasteiger partial charge on any atom is 0.325 e. The lowest BCUT2D eigenvalue weighted by Gasteiger charge is -2.29. The van der Waals surface area contributed by atoms with Gasteiger partial charge in [0, 0.05) is 6.04 Å². The zero-order chi connectivity index (χ0) is 12.4. The third-order valence-electron chi connectivity index (χ3n) is 2.96. The average molecular weight is 235 g/mol. The van der Waals surface area contributed by atoms with E-state index in [4.69, 9.17) is 4.74 Å². The van der Waals surface area contributed by atoms with Gasteiger partial charge in [0.15, 0.2) is 0 Å². The van der Waals surface area contributed by atoms with E-state index < -0.39 is 12.0 Å². The Kier molecular flexibility index (Phi) is 3.33. The molecule has 1 aliphatic heterocycles. The molecule has 0 fully saturated rings. The van der Waals surface area contributed by atoms with Crippen LogP contribution in [0.4, 0.5) is 0 Å². The van der Waals surface area contributed by atoms with Gasteiger partial charge < -0.3 is 9.84 Å². The number of benzene rings is 1. The van der Waals surface area contributed by atoms with Gasteiger partial charge in [-0.15, -0.1) is 0 Å². The monoisotopic (exact) mass is 235 g/mol. The van der Waals surface area contributed by atoms with Gasteiger partial charge in [0.1, 0.15) is 11.8 Å². The van der Waals surface area contributed by atoms with Crippen molar-refractivity contribution in [2.24, 2.45) is 0 Å². The van der Waals surface area contributed by atoms with Crippen LogP contribution in [0.25, 0.3) is 0 Å². The van der Waals surface area contributed by atoms with Crippen LogP contribution in [0.15, 0.2) is 18.2 Å². The summed E-state index contributed by atoms with van der Waals surface area (Å²) in [4.78, 5) is 11.2. The highest BCUT2D eigenvalue weighted by Gasteiger charge is 2.29. The van der Waals surface area contributed by atoms with Gasteiger partial charge in [-0.2, -0.15) is 0 Å². The molecule has 0 aromatic heterocycles. The largest absolute Gasteiger partial charge is 0.494 e. The highest BCUT2D eigenvalue weighted by molar-refractivity contribution is 5.77. The molecule has 0 aliphatic carbocycles. The Hall–Kier alpha value is -1.55. The highest BCUT2D eigenvalue weighted by atomic mass is 16.5. The Morgan fingerprint density at radius 3 is 3.00 bits per heavy atom. The topological polar surface area (TPSA) is 58.6 Å². The minimum atomic E-state index is -0.841. The number of aliphatic carboxylic acids is 1. The van der Waals surface area contributed by atoms with Crippen molar-refractivity contribution in [1.82, 2.24) is 5.32 Å². The minimum Gasteiger partial charge on any atom is -0.494 e. The van der Waals surface area contributed by atoms with E-state index >= 15 is 0 Å². The molecule has 1 aromatic carbocycles. The summed E-state index contributed by atoms with van der Waals surface area (Å²) in [5, 5.41) is 12.3. The summed E-state index contributed by atoms with van der Waals surface area (Å²) in [6.45, 7) is 4.49. The van der Waals surface area contributed by atoms with Gasteiger partial charge in [-0.1, -0.05) is 6.07 Å². The van der Waals surface area contributed by atoms with E-state index in [0.29, 0.717) is 6.61 Å². The van der Waals surface area contributed by atoms with Crippen molar-refractivity contribution in [2.75, 3.05) is 6.61 Å². The summed E-state index contributed by atoms with van der Waals surface area (Å²) < 4.78 is 5.41. The van der Waals surface area contributed by atoms with Gasteiger partial charge in [0.05, 0.1) is 6.61 Å². The van der Waals surface area contributed by atoms with Gasteiger partial charge in [-0.05, 0) is 43.5 Å². The van der Waals surface area contributed by atoms with Crippen LogP contribution in [0.5, 0.6) is 5.75 Å². The molecule has 1 aromatic rings. The zero-order valence-electron chi connectivity index (χ0n) is 10.1. The van der Waals surface area contributed by atoms with Crippen LogP contribution in [0.1, 0.15) is 31.0 Å². The van der Waals surface area contributed by atoms with E-state index in [-0.39, 0.29) is 6.04 Å². The molecule has 92 valence electrons. The molecule has 0 spiro atoms. The molecule has 0 amide bonds. The highest BCUT2D eigenvalue weighted by Crippen LogP contribution is 2.29. The number of carboxylic acids is 1. The van der Waals surface area contributed by atoms with Gasteiger partial charge in [-0.3, -0.25) is 10.1 Å². The van der Waals surface area contributed by atoms with Gasteiger partial charge in [-0.25, -0.2) is 0 Å². The lowest BCUT2D eigenvalue weighted by molar-refractivity contribution is -0.140. The van der Waals surface area contributed by atoms with E-state index in [1.165, 1.54) is 0 Å². The molecule has 0 bridgehead atoms. The molecular formula is C13H17NO3. The van der Waals surface area contributed by atoms with E-state index in [1.54, 1.807) is 0 Å². The van der Waals surface area contributed by atoms with Crippen molar-refractivity contribution in [2.45, 2.75) is 32.4 Å². The van der Waals surface area contributed by atoms with E-state index in [0.717, 1.165) is 23.3 Å². The Bertz CT molecular complexity index is 431. The normalized spacial score (nSPS) is 22.9. The molecule has 2 rings (SSSR count). The van der Waals surface area contributed by atoms with Crippen molar-refractivity contribution >= 4 is 5.97 Å². The fraction of sp³-hybridized carbons (Fsp3) is 0.462. The molecule has 0 radical (unpaired) electrons. The van der Waals surface area contributed by atoms with Crippen LogP contribution in [0.3, 0.4) is 0 Å². The minimum absolute atomic E-state index is 0.182. The second-order valence-corrected chi connectivity index (χ2v) is 4.34. The number of ether oxygens (including phenoxy) is 1. The first-order valence-electron chi connectivity index (χ1n) is 5.86. The third-order valence-corrected chi connectivity index (χ3v) is 2.96. The van der Waals surface area contributed by atoms with Crippen LogP contribution < -0.4 is 10.1 Å². The summed E-state index contributed by atoms with van der Waals surface area (Å²) in [6.07, 6.45) is 0.853. The fourth-order valence-corrected chi connectivity index (χ4v) is 2.25. The first-order valence-corrected chi connectivity index (χ1v) is 5.86. The molecule has 1 heterocycles. The predicted molar refractivity (Wildman–Crippen MR) is 64.3 cm³/mol. The number of rotatable bonds is 3. The first kappa shape index (κ1) is 11.9. The summed E-state index contributed by atoms with van der Waals surface area (Å²) in [7, 11) is 0. The number of nitrogens with one attached hydrogen (secondary N) is 1. The predicted octanol–water partition coefficient (Wildman–Crippen LogP) is 1.75. The van der Waals surface area contributed by atoms with E-state index in [9.17, 15) is 9.90 Å². The molecule has 0 saturated carbocycles. The van der Waals surface area contributed by atoms with Gasteiger partial charge >= 0.3 is 5.97 Å². The lowest BCUT2D eigenvalue weighted by atomic mass is 9.90. The molecule has 4 heteroatoms. The molecule has 2 unspecified atom stereocenters. The molecule has 1 aliphatic rings. The van der Waals surface area contributed by atoms with Crippen LogP contribution >= 0.6 is 0 Å². The molecule has 2 atom stereocenters. The average Bonchev–Trinajstić information content (AvgIpc) is 2.28. The number of carboxylic acid groups (broad SMARTS) is 1. The SMILES string of the molecule is CCOc1ccc2c(c1)C(C(=O)O)NC(C)C2. The molecule has 4 nitrogen and oxygen atoms in total. The van der Waals surface area contributed by atoms with Crippen molar-refractivity contribution in [1.29, 1.82) is 0 Å². The summed E-state index contributed by atoms with van der Waals surface area (Å²) in [6, 6.07) is 5.25. The number of carbonyl (C=O) groups is 1. The molecule has 2 N–H and O–H groups in total. The quantitative estimate of drug-likeness (QED) is 0.838. The third kappa shape index (κ3) is 2.42. The van der Waals surface area contributed by atoms with Crippen molar-refractivity contribution in [3.63, 3.8) is 0 Å². The lowest BCUT2D eigenvalue weighted by Crippen LogP contribution is -2.41. The second-order valence-electron chi connectivity index (χ2n) is 4.34. The number of hydrogen-bond donors (Lipinski definition) is 2. The van der Waals surface area contributed by atoms with Gasteiger partial charge in [0.2, 0.25) is 0 Å².